The van der Waals surface area contributed by atoms with E-state index in [-0.39, 0.29) is 5.91 Å². The number of rotatable bonds is 4. The molecule has 2 rings (SSSR count). The highest BCUT2D eigenvalue weighted by atomic mass is 35.5. The first-order chi connectivity index (χ1) is 9.83. The zero-order valence-corrected chi connectivity index (χ0v) is 12.7. The fourth-order valence-electron chi connectivity index (χ4n) is 1.67. The Labute approximate surface area is 128 Å². The first-order valence-electron chi connectivity index (χ1n) is 5.98. The van der Waals surface area contributed by atoms with Gasteiger partial charge in [-0.2, -0.15) is 0 Å². The minimum Gasteiger partial charge on any atom is -0.322 e. The summed E-state index contributed by atoms with van der Waals surface area (Å²) in [4.78, 5) is 12.0. The highest BCUT2D eigenvalue weighted by molar-refractivity contribution is 7.92. The van der Waals surface area contributed by atoms with Gasteiger partial charge in [-0.25, -0.2) is 8.42 Å². The van der Waals surface area contributed by atoms with Crippen molar-refractivity contribution in [1.82, 2.24) is 0 Å². The van der Waals surface area contributed by atoms with Crippen molar-refractivity contribution < 1.29 is 13.2 Å². The minimum atomic E-state index is -3.31. The highest BCUT2D eigenvalue weighted by Crippen LogP contribution is 2.16. The van der Waals surface area contributed by atoms with E-state index in [1.807, 2.05) is 0 Å². The molecule has 0 aliphatic heterocycles. The molecule has 0 atom stereocenters. The second-order valence-corrected chi connectivity index (χ2v) is 6.60. The molecule has 0 bridgehead atoms. The van der Waals surface area contributed by atoms with Crippen molar-refractivity contribution in [2.24, 2.45) is 0 Å². The summed E-state index contributed by atoms with van der Waals surface area (Å²) in [5.41, 5.74) is 1.43. The molecule has 0 aliphatic rings. The number of carbonyl (C=O) groups is 1. The third-order valence-electron chi connectivity index (χ3n) is 2.53. The third kappa shape index (κ3) is 4.77. The highest BCUT2D eigenvalue weighted by Gasteiger charge is 2.07. The van der Waals surface area contributed by atoms with E-state index in [9.17, 15) is 13.2 Å². The molecule has 0 aromatic heterocycles. The van der Waals surface area contributed by atoms with Gasteiger partial charge in [-0.15, -0.1) is 0 Å². The number of amides is 1. The SMILES string of the molecule is CS(=O)(=O)Nc1ccc(NC(=O)c2cccc(Cl)c2)cc1. The minimum absolute atomic E-state index is 0.290. The largest absolute Gasteiger partial charge is 0.322 e. The van der Waals surface area contributed by atoms with Crippen LogP contribution in [0.15, 0.2) is 48.5 Å². The second-order valence-electron chi connectivity index (χ2n) is 4.42. The molecule has 110 valence electrons. The van der Waals surface area contributed by atoms with E-state index in [0.717, 1.165) is 6.26 Å². The Balaban J connectivity index is 2.08. The number of carbonyl (C=O) groups excluding carboxylic acids is 1. The molecular weight excluding hydrogens is 312 g/mol. The molecule has 5 nitrogen and oxygen atoms in total. The molecule has 2 aromatic carbocycles. The van der Waals surface area contributed by atoms with Gasteiger partial charge in [0.15, 0.2) is 0 Å². The molecule has 21 heavy (non-hydrogen) atoms. The molecule has 0 saturated heterocycles. The fourth-order valence-corrected chi connectivity index (χ4v) is 2.42. The van der Waals surface area contributed by atoms with Crippen LogP contribution in [0.1, 0.15) is 10.4 Å². The lowest BCUT2D eigenvalue weighted by Gasteiger charge is -2.07. The van der Waals surface area contributed by atoms with Crippen LogP contribution in [0, 0.1) is 0 Å². The number of halogens is 1. The van der Waals surface area contributed by atoms with Crippen molar-refractivity contribution >= 4 is 38.9 Å². The lowest BCUT2D eigenvalue weighted by Crippen LogP contribution is -2.12. The number of benzene rings is 2. The van der Waals surface area contributed by atoms with Gasteiger partial charge in [0.25, 0.3) is 5.91 Å². The Morgan fingerprint density at radius 1 is 1.05 bits per heavy atom. The van der Waals surface area contributed by atoms with Crippen LogP contribution in [0.25, 0.3) is 0 Å². The molecule has 2 N–H and O–H groups in total. The average molecular weight is 325 g/mol. The quantitative estimate of drug-likeness (QED) is 0.908. The van der Waals surface area contributed by atoms with E-state index in [4.69, 9.17) is 11.6 Å². The maximum Gasteiger partial charge on any atom is 0.255 e. The van der Waals surface area contributed by atoms with Crippen LogP contribution >= 0.6 is 11.6 Å². The molecule has 0 radical (unpaired) electrons. The molecule has 0 aliphatic carbocycles. The van der Waals surface area contributed by atoms with Crippen molar-refractivity contribution in [3.63, 3.8) is 0 Å². The van der Waals surface area contributed by atoms with Gasteiger partial charge in [0.2, 0.25) is 10.0 Å². The summed E-state index contributed by atoms with van der Waals surface area (Å²) in [5, 5.41) is 3.18. The van der Waals surface area contributed by atoms with Gasteiger partial charge in [-0.05, 0) is 42.5 Å². The van der Waals surface area contributed by atoms with E-state index >= 15 is 0 Å². The van der Waals surface area contributed by atoms with Gasteiger partial charge >= 0.3 is 0 Å². The van der Waals surface area contributed by atoms with Crippen molar-refractivity contribution in [2.75, 3.05) is 16.3 Å². The molecule has 2 aromatic rings. The summed E-state index contributed by atoms with van der Waals surface area (Å²) >= 11 is 5.83. The molecule has 0 spiro atoms. The second kappa shape index (κ2) is 6.15. The molecule has 0 unspecified atom stereocenters. The molecule has 0 heterocycles. The molecular formula is C14H13ClN2O3S. The Kier molecular flexibility index (Phi) is 4.50. The third-order valence-corrected chi connectivity index (χ3v) is 3.37. The maximum absolute atomic E-state index is 12.0. The van der Waals surface area contributed by atoms with Crippen molar-refractivity contribution in [3.05, 3.63) is 59.1 Å². The smallest absolute Gasteiger partial charge is 0.255 e. The predicted molar refractivity (Wildman–Crippen MR) is 84.3 cm³/mol. The summed E-state index contributed by atoms with van der Waals surface area (Å²) < 4.78 is 24.5. The van der Waals surface area contributed by atoms with Crippen LogP contribution in [0.2, 0.25) is 5.02 Å². The summed E-state index contributed by atoms with van der Waals surface area (Å²) in [6, 6.07) is 12.9. The van der Waals surface area contributed by atoms with Gasteiger partial charge in [0.05, 0.1) is 6.26 Å². The Hall–Kier alpha value is -2.05. The monoisotopic (exact) mass is 324 g/mol. The average Bonchev–Trinajstić information content (AvgIpc) is 2.39. The van der Waals surface area contributed by atoms with Gasteiger partial charge < -0.3 is 5.32 Å². The van der Waals surface area contributed by atoms with Gasteiger partial charge in [-0.3, -0.25) is 9.52 Å². The van der Waals surface area contributed by atoms with Gasteiger partial charge in [0.1, 0.15) is 0 Å². The van der Waals surface area contributed by atoms with Crippen LogP contribution in [0.4, 0.5) is 11.4 Å². The predicted octanol–water partition coefficient (Wildman–Crippen LogP) is 2.96. The van der Waals surface area contributed by atoms with E-state index in [1.165, 1.54) is 0 Å². The topological polar surface area (TPSA) is 75.3 Å². The summed E-state index contributed by atoms with van der Waals surface area (Å²) in [5.74, 6) is -0.290. The molecule has 0 fully saturated rings. The first kappa shape index (κ1) is 15.3. The van der Waals surface area contributed by atoms with Crippen LogP contribution in [-0.2, 0) is 10.0 Å². The van der Waals surface area contributed by atoms with Crippen LogP contribution in [0.3, 0.4) is 0 Å². The maximum atomic E-state index is 12.0. The number of sulfonamides is 1. The summed E-state index contributed by atoms with van der Waals surface area (Å²) in [7, 11) is -3.31. The Bertz CT molecular complexity index is 758. The first-order valence-corrected chi connectivity index (χ1v) is 8.25. The zero-order valence-electron chi connectivity index (χ0n) is 11.1. The summed E-state index contributed by atoms with van der Waals surface area (Å²) in [6.45, 7) is 0. The van der Waals surface area contributed by atoms with Crippen LogP contribution in [0.5, 0.6) is 0 Å². The number of anilines is 2. The Morgan fingerprint density at radius 3 is 2.24 bits per heavy atom. The van der Waals surface area contributed by atoms with E-state index in [2.05, 4.69) is 10.0 Å². The van der Waals surface area contributed by atoms with Gasteiger partial charge in [-0.1, -0.05) is 17.7 Å². The van der Waals surface area contributed by atoms with E-state index in [1.54, 1.807) is 48.5 Å². The molecule has 1 amide bonds. The van der Waals surface area contributed by atoms with Crippen molar-refractivity contribution in [1.29, 1.82) is 0 Å². The Morgan fingerprint density at radius 2 is 1.67 bits per heavy atom. The number of nitrogens with one attached hydrogen (secondary N) is 2. The summed E-state index contributed by atoms with van der Waals surface area (Å²) in [6.07, 6.45) is 1.07. The lowest BCUT2D eigenvalue weighted by molar-refractivity contribution is 0.102. The van der Waals surface area contributed by atoms with E-state index in [0.29, 0.717) is 22.0 Å². The van der Waals surface area contributed by atoms with Crippen molar-refractivity contribution in [2.45, 2.75) is 0 Å². The van der Waals surface area contributed by atoms with E-state index < -0.39 is 10.0 Å². The van der Waals surface area contributed by atoms with Crippen molar-refractivity contribution in [3.8, 4) is 0 Å². The number of hydrogen-bond acceptors (Lipinski definition) is 3. The fraction of sp³-hybridized carbons (Fsp3) is 0.0714. The number of hydrogen-bond donors (Lipinski definition) is 2. The molecule has 0 saturated carbocycles. The molecule has 7 heteroatoms. The standard InChI is InChI=1S/C14H13ClN2O3S/c1-21(19,20)17-13-7-5-12(6-8-13)16-14(18)10-3-2-4-11(15)9-10/h2-9,17H,1H3,(H,16,18). The van der Waals surface area contributed by atoms with Gasteiger partial charge in [0, 0.05) is 22.0 Å². The zero-order chi connectivity index (χ0) is 15.5. The van der Waals surface area contributed by atoms with Crippen LogP contribution < -0.4 is 10.0 Å². The van der Waals surface area contributed by atoms with Crippen LogP contribution in [-0.4, -0.2) is 20.6 Å². The normalized spacial score (nSPS) is 11.0. The lowest BCUT2D eigenvalue weighted by atomic mass is 10.2.